The van der Waals surface area contributed by atoms with E-state index < -0.39 is 5.60 Å². The summed E-state index contributed by atoms with van der Waals surface area (Å²) in [6, 6.07) is 0. The van der Waals surface area contributed by atoms with E-state index in [1.807, 2.05) is 6.08 Å². The van der Waals surface area contributed by atoms with Crippen LogP contribution < -0.4 is 0 Å². The molecule has 26 heavy (non-hydrogen) atoms. The van der Waals surface area contributed by atoms with Gasteiger partial charge < -0.3 is 14.9 Å². The van der Waals surface area contributed by atoms with Gasteiger partial charge in [-0.15, -0.1) is 0 Å². The number of aliphatic hydroxyl groups excluding tert-OH is 1. The van der Waals surface area contributed by atoms with E-state index in [9.17, 15) is 10.2 Å². The molecule has 4 nitrogen and oxygen atoms in total. The van der Waals surface area contributed by atoms with E-state index >= 15 is 0 Å². The average molecular weight is 355 g/mol. The van der Waals surface area contributed by atoms with E-state index in [-0.39, 0.29) is 28.7 Å². The van der Waals surface area contributed by atoms with Crippen LogP contribution in [0.15, 0.2) is 35.8 Å². The number of likely N-dealkylation sites (tertiary alicyclic amines) is 1. The lowest BCUT2D eigenvalue weighted by Gasteiger charge is -2.71. The average Bonchev–Trinajstić information content (AvgIpc) is 3.34. The summed E-state index contributed by atoms with van der Waals surface area (Å²) in [7, 11) is 0. The molecular formula is C22H29NO3. The Bertz CT molecular complexity index is 767. The van der Waals surface area contributed by atoms with Gasteiger partial charge in [0.15, 0.2) is 5.76 Å². The molecule has 5 fully saturated rings. The van der Waals surface area contributed by atoms with Crippen molar-refractivity contribution in [1.29, 1.82) is 0 Å². The summed E-state index contributed by atoms with van der Waals surface area (Å²) in [6.45, 7) is 8.77. The summed E-state index contributed by atoms with van der Waals surface area (Å²) in [4.78, 5) is 2.61. The van der Waals surface area contributed by atoms with Gasteiger partial charge in [0.05, 0.1) is 11.0 Å². The van der Waals surface area contributed by atoms with Gasteiger partial charge in [-0.3, -0.25) is 4.90 Å². The van der Waals surface area contributed by atoms with E-state index in [1.54, 1.807) is 0 Å². The van der Waals surface area contributed by atoms with Gasteiger partial charge in [-0.2, -0.15) is 0 Å². The van der Waals surface area contributed by atoms with Gasteiger partial charge in [0.25, 0.3) is 0 Å². The highest BCUT2D eigenvalue weighted by Gasteiger charge is 2.79. The molecule has 0 aromatic rings. The molecule has 0 radical (unpaired) electrons. The second-order valence-electron chi connectivity index (χ2n) is 9.92. The molecule has 3 saturated carbocycles. The normalized spacial score (nSPS) is 52.1. The third-order valence-electron chi connectivity index (χ3n) is 8.87. The van der Waals surface area contributed by atoms with Crippen LogP contribution in [-0.2, 0) is 4.74 Å². The van der Waals surface area contributed by atoms with Crippen LogP contribution in [0, 0.1) is 23.2 Å². The molecule has 140 valence electrons. The Kier molecular flexibility index (Phi) is 2.78. The third kappa shape index (κ3) is 1.53. The molecule has 3 unspecified atom stereocenters. The van der Waals surface area contributed by atoms with Crippen LogP contribution in [-0.4, -0.2) is 45.4 Å². The fraction of sp³-hybridized carbons (Fsp3) is 0.727. The molecule has 0 amide bonds. The van der Waals surface area contributed by atoms with E-state index in [4.69, 9.17) is 4.74 Å². The summed E-state index contributed by atoms with van der Waals surface area (Å²) >= 11 is 0. The van der Waals surface area contributed by atoms with Crippen LogP contribution in [0.5, 0.6) is 0 Å². The largest absolute Gasteiger partial charge is 0.504 e. The number of nitrogens with zero attached hydrogens (tertiary/aromatic N) is 1. The number of allylic oxidation sites excluding steroid dienone is 3. The lowest BCUT2D eigenvalue weighted by atomic mass is 9.40. The predicted octanol–water partition coefficient (Wildman–Crippen LogP) is 3.30. The van der Waals surface area contributed by atoms with Crippen LogP contribution in [0.3, 0.4) is 0 Å². The second-order valence-corrected chi connectivity index (χ2v) is 9.92. The van der Waals surface area contributed by atoms with Gasteiger partial charge in [0.1, 0.15) is 11.9 Å². The van der Waals surface area contributed by atoms with Crippen LogP contribution >= 0.6 is 0 Å². The highest BCUT2D eigenvalue weighted by atomic mass is 16.5. The van der Waals surface area contributed by atoms with Crippen LogP contribution in [0.4, 0.5) is 0 Å². The maximum Gasteiger partial charge on any atom is 0.153 e. The first-order valence-electron chi connectivity index (χ1n) is 10.3. The van der Waals surface area contributed by atoms with Crippen molar-refractivity contribution in [2.45, 2.75) is 62.7 Å². The van der Waals surface area contributed by atoms with Crippen LogP contribution in [0.1, 0.15) is 45.4 Å². The van der Waals surface area contributed by atoms with Crippen LogP contribution in [0.25, 0.3) is 0 Å². The minimum atomic E-state index is -0.784. The van der Waals surface area contributed by atoms with Crippen molar-refractivity contribution in [3.63, 3.8) is 0 Å². The molecule has 2 saturated heterocycles. The summed E-state index contributed by atoms with van der Waals surface area (Å²) in [5.74, 6) is 2.22. The first kappa shape index (κ1) is 15.8. The molecule has 2 N–H and O–H groups in total. The minimum Gasteiger partial charge on any atom is -0.504 e. The maximum atomic E-state index is 12.4. The molecule has 1 spiro atoms. The van der Waals surface area contributed by atoms with E-state index in [1.165, 1.54) is 12.8 Å². The fourth-order valence-corrected chi connectivity index (χ4v) is 7.47. The number of hydrogen-bond donors (Lipinski definition) is 2. The van der Waals surface area contributed by atoms with Gasteiger partial charge in [0.2, 0.25) is 0 Å². The lowest BCUT2D eigenvalue weighted by molar-refractivity contribution is -0.276. The fourth-order valence-electron chi connectivity index (χ4n) is 7.47. The van der Waals surface area contributed by atoms with E-state index in [2.05, 4.69) is 24.5 Å². The Morgan fingerprint density at radius 2 is 2.15 bits per heavy atom. The minimum absolute atomic E-state index is 0.0932. The summed E-state index contributed by atoms with van der Waals surface area (Å²) in [5, 5.41) is 22.9. The van der Waals surface area contributed by atoms with Crippen LogP contribution in [0.2, 0.25) is 0 Å². The molecule has 6 atom stereocenters. The summed E-state index contributed by atoms with van der Waals surface area (Å²) in [5.41, 5.74) is -0.256. The molecule has 4 heteroatoms. The van der Waals surface area contributed by atoms with Crippen molar-refractivity contribution in [3.05, 3.63) is 35.8 Å². The maximum absolute atomic E-state index is 12.4. The first-order valence-corrected chi connectivity index (χ1v) is 10.3. The van der Waals surface area contributed by atoms with E-state index in [0.29, 0.717) is 5.92 Å². The van der Waals surface area contributed by atoms with Gasteiger partial charge in [-0.05, 0) is 75.5 Å². The molecule has 0 aromatic heterocycles. The monoisotopic (exact) mass is 355 g/mol. The SMILES string of the molecule is C=C1CC[C@]2(O)[C@]34CCN(CC5CC5)[C@]2(C)CC2C=CC(O)=C(OC13)C24. The standard InChI is InChI=1S/C22H29NO3/c1-13-7-8-22(25)20(2)11-15-5-6-16(24)18-17(15)21(22,19(13)26-18)9-10-23(20)12-14-3-4-14/h5-6,14-15,17,19,24-25H,1,3-4,7-12H2,2H3/t15?,17?,19?,20-,21+,22-/m1/s1. The van der Waals surface area contributed by atoms with Gasteiger partial charge in [-0.25, -0.2) is 0 Å². The van der Waals surface area contributed by atoms with Gasteiger partial charge >= 0.3 is 0 Å². The highest BCUT2D eigenvalue weighted by Crippen LogP contribution is 2.73. The van der Waals surface area contributed by atoms with Crippen molar-refractivity contribution in [3.8, 4) is 0 Å². The molecular weight excluding hydrogens is 326 g/mol. The number of hydrogen-bond acceptors (Lipinski definition) is 4. The quantitative estimate of drug-likeness (QED) is 0.746. The Morgan fingerprint density at radius 3 is 2.92 bits per heavy atom. The first-order chi connectivity index (χ1) is 12.4. The zero-order valence-corrected chi connectivity index (χ0v) is 15.6. The molecule has 2 heterocycles. The molecule has 6 rings (SSSR count). The molecule has 0 aromatic carbocycles. The third-order valence-corrected chi connectivity index (χ3v) is 8.87. The number of piperidine rings is 1. The second kappa shape index (κ2) is 4.59. The number of rotatable bonds is 2. The topological polar surface area (TPSA) is 52.9 Å². The van der Waals surface area contributed by atoms with Crippen molar-refractivity contribution >= 4 is 0 Å². The highest BCUT2D eigenvalue weighted by molar-refractivity contribution is 5.43. The Labute approximate surface area is 155 Å². The van der Waals surface area contributed by atoms with E-state index in [0.717, 1.165) is 56.0 Å². The Morgan fingerprint density at radius 1 is 1.35 bits per heavy atom. The summed E-state index contributed by atoms with van der Waals surface area (Å²) < 4.78 is 6.39. The van der Waals surface area contributed by atoms with Gasteiger partial charge in [0, 0.05) is 18.0 Å². The molecule has 2 aliphatic heterocycles. The summed E-state index contributed by atoms with van der Waals surface area (Å²) in [6.07, 6.45) is 9.97. The van der Waals surface area contributed by atoms with Crippen molar-refractivity contribution in [2.24, 2.45) is 23.2 Å². The number of aliphatic hydroxyl groups is 2. The van der Waals surface area contributed by atoms with Crippen molar-refractivity contribution in [1.82, 2.24) is 4.90 Å². The smallest absolute Gasteiger partial charge is 0.153 e. The Balaban J connectivity index is 1.55. The zero-order valence-electron chi connectivity index (χ0n) is 15.6. The Hall–Kier alpha value is -1.26. The van der Waals surface area contributed by atoms with Gasteiger partial charge in [-0.1, -0.05) is 12.7 Å². The predicted molar refractivity (Wildman–Crippen MR) is 98.3 cm³/mol. The molecule has 2 bridgehead atoms. The molecule has 6 aliphatic rings. The lowest BCUT2D eigenvalue weighted by Crippen LogP contribution is -2.81. The molecule has 4 aliphatic carbocycles. The van der Waals surface area contributed by atoms with Crippen molar-refractivity contribution < 1.29 is 14.9 Å². The van der Waals surface area contributed by atoms with Crippen molar-refractivity contribution in [2.75, 3.05) is 13.1 Å². The number of ether oxygens (including phenoxy) is 1. The zero-order chi connectivity index (χ0) is 17.9.